The molecule has 34 heavy (non-hydrogen) atoms. The Morgan fingerprint density at radius 2 is 1.85 bits per heavy atom. The van der Waals surface area contributed by atoms with Gasteiger partial charge >= 0.3 is 11.9 Å². The monoisotopic (exact) mass is 472 g/mol. The molecule has 1 unspecified atom stereocenters. The van der Waals surface area contributed by atoms with Gasteiger partial charge in [-0.15, -0.1) is 0 Å². The van der Waals surface area contributed by atoms with Crippen LogP contribution < -0.4 is 5.32 Å². The second-order valence-corrected chi connectivity index (χ2v) is 9.92. The molecular formula is C26H36N2O6. The third-order valence-corrected chi connectivity index (χ3v) is 5.24. The number of esters is 2. The Bertz CT molecular complexity index is 970. The van der Waals surface area contributed by atoms with Crippen LogP contribution in [0.4, 0.5) is 0 Å². The van der Waals surface area contributed by atoms with Crippen LogP contribution in [0.25, 0.3) is 5.57 Å². The molecule has 1 atom stereocenters. The molecule has 0 bridgehead atoms. The molecule has 1 fully saturated rings. The van der Waals surface area contributed by atoms with Crippen molar-refractivity contribution in [2.75, 3.05) is 13.7 Å². The van der Waals surface area contributed by atoms with Crippen LogP contribution >= 0.6 is 0 Å². The van der Waals surface area contributed by atoms with E-state index in [9.17, 15) is 14.4 Å². The molecule has 0 radical (unpaired) electrons. The fourth-order valence-corrected chi connectivity index (χ4v) is 2.83. The van der Waals surface area contributed by atoms with Crippen molar-refractivity contribution < 1.29 is 28.6 Å². The second-order valence-electron chi connectivity index (χ2n) is 9.92. The minimum Gasteiger partial charge on any atom is -0.497 e. The van der Waals surface area contributed by atoms with Crippen molar-refractivity contribution in [3.05, 3.63) is 47.5 Å². The van der Waals surface area contributed by atoms with Gasteiger partial charge in [-0.2, -0.15) is 0 Å². The number of rotatable bonds is 10. The van der Waals surface area contributed by atoms with Crippen LogP contribution in [0.1, 0.15) is 80.9 Å². The summed E-state index contributed by atoms with van der Waals surface area (Å²) in [7, 11) is 1.49. The first kappa shape index (κ1) is 27.1. The summed E-state index contributed by atoms with van der Waals surface area (Å²) in [5.41, 5.74) is 0.370. The van der Waals surface area contributed by atoms with Gasteiger partial charge in [-0.3, -0.25) is 9.59 Å². The number of aromatic nitrogens is 1. The van der Waals surface area contributed by atoms with Crippen LogP contribution in [0, 0.1) is 17.3 Å². The van der Waals surface area contributed by atoms with E-state index < -0.39 is 23.6 Å². The Labute approximate surface area is 201 Å². The van der Waals surface area contributed by atoms with Gasteiger partial charge in [0.15, 0.2) is 5.69 Å². The highest BCUT2D eigenvalue weighted by Crippen LogP contribution is 2.28. The maximum absolute atomic E-state index is 13.2. The Hall–Kier alpha value is -3.16. The number of methoxy groups -OCH3 is 1. The van der Waals surface area contributed by atoms with Gasteiger partial charge in [0.25, 0.3) is 5.91 Å². The molecule has 1 N–H and O–H groups in total. The number of carbonyl (C=O) groups is 3. The van der Waals surface area contributed by atoms with E-state index in [1.165, 1.54) is 7.11 Å². The minimum absolute atomic E-state index is 0.0609. The zero-order valence-electron chi connectivity index (χ0n) is 21.2. The molecule has 1 amide bonds. The van der Waals surface area contributed by atoms with Gasteiger partial charge in [-0.25, -0.2) is 9.78 Å². The largest absolute Gasteiger partial charge is 0.497 e. The Morgan fingerprint density at radius 3 is 2.38 bits per heavy atom. The summed E-state index contributed by atoms with van der Waals surface area (Å²) < 4.78 is 16.1. The third-order valence-electron chi connectivity index (χ3n) is 5.24. The molecule has 1 aliphatic carbocycles. The number of nitrogens with one attached hydrogen (secondary N) is 1. The summed E-state index contributed by atoms with van der Waals surface area (Å²) in [6, 6.07) is 3.19. The summed E-state index contributed by atoms with van der Waals surface area (Å²) in [6.45, 7) is 14.8. The molecule has 0 spiro atoms. The standard InChI is InChI=1S/C26H36N2O6/c1-15(2)24(34-25(31)26(5,6)7)33-23(30)21-19(16(3)13-17(4)32-8)11-12-20(28-21)22(29)27-14-18-9-10-18/h11-13,15,18,24H,4,9-10,14H2,1-3,5-8H3,(H,27,29)/b16-13+. The van der Waals surface area contributed by atoms with Gasteiger partial charge in [-0.05, 0) is 70.2 Å². The summed E-state index contributed by atoms with van der Waals surface area (Å²) in [5, 5.41) is 2.85. The first-order chi connectivity index (χ1) is 15.8. The first-order valence-electron chi connectivity index (χ1n) is 11.5. The second kappa shape index (κ2) is 11.3. The van der Waals surface area contributed by atoms with E-state index in [0.717, 1.165) is 12.8 Å². The van der Waals surface area contributed by atoms with Crippen LogP contribution in [0.15, 0.2) is 30.5 Å². The molecule has 0 aliphatic heterocycles. The van der Waals surface area contributed by atoms with Crippen molar-refractivity contribution in [3.63, 3.8) is 0 Å². The zero-order chi connectivity index (χ0) is 25.6. The summed E-state index contributed by atoms with van der Waals surface area (Å²) in [5.74, 6) is -1.07. The Balaban J connectivity index is 2.37. The average Bonchev–Trinajstić information content (AvgIpc) is 3.60. The molecule has 1 heterocycles. The fourth-order valence-electron chi connectivity index (χ4n) is 2.83. The lowest BCUT2D eigenvalue weighted by atomic mass is 9.97. The number of amides is 1. The number of carbonyl (C=O) groups excluding carboxylic acids is 3. The molecule has 1 aromatic rings. The topological polar surface area (TPSA) is 104 Å². The van der Waals surface area contributed by atoms with Crippen LogP contribution in [0.2, 0.25) is 0 Å². The van der Waals surface area contributed by atoms with Gasteiger partial charge < -0.3 is 19.5 Å². The summed E-state index contributed by atoms with van der Waals surface area (Å²) in [6.07, 6.45) is 2.74. The Kier molecular flexibility index (Phi) is 9.01. The molecule has 1 aliphatic rings. The maximum Gasteiger partial charge on any atom is 0.360 e. The molecule has 2 rings (SSSR count). The quantitative estimate of drug-likeness (QED) is 0.231. The highest BCUT2D eigenvalue weighted by molar-refractivity contribution is 5.97. The maximum atomic E-state index is 13.2. The Morgan fingerprint density at radius 1 is 1.21 bits per heavy atom. The zero-order valence-corrected chi connectivity index (χ0v) is 21.2. The van der Waals surface area contributed by atoms with Crippen molar-refractivity contribution >= 4 is 23.4 Å². The molecule has 8 nitrogen and oxygen atoms in total. The van der Waals surface area contributed by atoms with E-state index >= 15 is 0 Å². The van der Waals surface area contributed by atoms with E-state index in [0.29, 0.717) is 29.4 Å². The average molecular weight is 473 g/mol. The SMILES string of the molecule is C=C(/C=C(\C)c1ccc(C(=O)NCC2CC2)nc1C(=O)OC(OC(=O)C(C)(C)C)C(C)C)OC. The molecule has 1 saturated carbocycles. The lowest BCUT2D eigenvalue weighted by Crippen LogP contribution is -2.34. The van der Waals surface area contributed by atoms with E-state index in [2.05, 4.69) is 16.9 Å². The predicted molar refractivity (Wildman–Crippen MR) is 129 cm³/mol. The molecule has 8 heteroatoms. The van der Waals surface area contributed by atoms with E-state index in [-0.39, 0.29) is 23.2 Å². The number of hydrogen-bond acceptors (Lipinski definition) is 7. The fraction of sp³-hybridized carbons (Fsp3) is 0.538. The van der Waals surface area contributed by atoms with Gasteiger partial charge in [-0.1, -0.05) is 20.4 Å². The van der Waals surface area contributed by atoms with Gasteiger partial charge in [0.1, 0.15) is 11.5 Å². The van der Waals surface area contributed by atoms with E-state index in [1.807, 2.05) is 0 Å². The molecule has 0 saturated heterocycles. The number of ether oxygens (including phenoxy) is 3. The van der Waals surface area contributed by atoms with Crippen LogP contribution in [-0.4, -0.2) is 42.8 Å². The number of pyridine rings is 1. The molecule has 186 valence electrons. The van der Waals surface area contributed by atoms with Crippen molar-refractivity contribution in [2.45, 2.75) is 60.7 Å². The van der Waals surface area contributed by atoms with Crippen LogP contribution in [0.5, 0.6) is 0 Å². The third kappa shape index (κ3) is 7.71. The van der Waals surface area contributed by atoms with Gasteiger partial charge in [0.2, 0.25) is 6.29 Å². The summed E-state index contributed by atoms with van der Waals surface area (Å²) in [4.78, 5) is 42.5. The smallest absolute Gasteiger partial charge is 0.360 e. The number of nitrogens with zero attached hydrogens (tertiary/aromatic N) is 1. The van der Waals surface area contributed by atoms with E-state index in [4.69, 9.17) is 14.2 Å². The van der Waals surface area contributed by atoms with Crippen molar-refractivity contribution in [2.24, 2.45) is 17.3 Å². The number of allylic oxidation sites excluding steroid dienone is 2. The first-order valence-corrected chi connectivity index (χ1v) is 11.5. The normalized spacial score (nSPS) is 14.9. The van der Waals surface area contributed by atoms with Gasteiger partial charge in [0.05, 0.1) is 12.5 Å². The molecule has 0 aromatic carbocycles. The van der Waals surface area contributed by atoms with E-state index in [1.54, 1.807) is 59.8 Å². The van der Waals surface area contributed by atoms with Crippen LogP contribution in [-0.2, 0) is 19.0 Å². The van der Waals surface area contributed by atoms with Crippen LogP contribution in [0.3, 0.4) is 0 Å². The summed E-state index contributed by atoms with van der Waals surface area (Å²) >= 11 is 0. The molecular weight excluding hydrogens is 436 g/mol. The minimum atomic E-state index is -1.11. The number of hydrogen-bond donors (Lipinski definition) is 1. The van der Waals surface area contributed by atoms with Crippen molar-refractivity contribution in [1.82, 2.24) is 10.3 Å². The molecule has 1 aromatic heterocycles. The lowest BCUT2D eigenvalue weighted by Gasteiger charge is -2.25. The van der Waals surface area contributed by atoms with Crippen molar-refractivity contribution in [3.8, 4) is 0 Å². The van der Waals surface area contributed by atoms with Crippen molar-refractivity contribution in [1.29, 1.82) is 0 Å². The highest BCUT2D eigenvalue weighted by Gasteiger charge is 2.31. The highest BCUT2D eigenvalue weighted by atomic mass is 16.7. The van der Waals surface area contributed by atoms with Gasteiger partial charge in [0, 0.05) is 18.0 Å². The predicted octanol–water partition coefficient (Wildman–Crippen LogP) is 4.51. The lowest BCUT2D eigenvalue weighted by molar-refractivity contribution is -0.184.